The molecule has 0 aliphatic carbocycles. The van der Waals surface area contributed by atoms with E-state index in [0.717, 1.165) is 0 Å². The maximum atomic E-state index is 11.2. The van der Waals surface area contributed by atoms with E-state index in [9.17, 15) is 14.9 Å². The van der Waals surface area contributed by atoms with Crippen LogP contribution in [0.5, 0.6) is 0 Å². The van der Waals surface area contributed by atoms with Crippen molar-refractivity contribution in [3.8, 4) is 0 Å². The third-order valence-corrected chi connectivity index (χ3v) is 1.74. The first-order valence-corrected chi connectivity index (χ1v) is 3.99. The largest absolute Gasteiger partial charge is 0.385 e. The van der Waals surface area contributed by atoms with Gasteiger partial charge in [0.1, 0.15) is 6.10 Å². The molecular weight excluding hydrogens is 222 g/mol. The summed E-state index contributed by atoms with van der Waals surface area (Å²) in [6, 6.07) is 5.12. The van der Waals surface area contributed by atoms with E-state index in [0.29, 0.717) is 0 Å². The average molecular weight is 232 g/mol. The normalized spacial score (nSPS) is 11.3. The molecule has 0 heterocycles. The lowest BCUT2D eigenvalue weighted by atomic mass is 10.1. The van der Waals surface area contributed by atoms with Crippen molar-refractivity contribution in [1.29, 1.82) is 0 Å². The van der Waals surface area contributed by atoms with Gasteiger partial charge in [-0.05, 0) is 19.1 Å². The predicted octanol–water partition coefficient (Wildman–Crippen LogP) is 1.58. The van der Waals surface area contributed by atoms with Crippen molar-refractivity contribution in [2.75, 3.05) is 0 Å². The van der Waals surface area contributed by atoms with Crippen molar-refractivity contribution < 1.29 is 14.8 Å². The number of hydrogen-bond acceptors (Lipinski definition) is 4. The topological polar surface area (TPSA) is 80.4 Å². The Bertz CT molecular complexity index is 361. The monoisotopic (exact) mass is 231 g/mol. The molecule has 6 heteroatoms. The molecule has 1 atom stereocenters. The summed E-state index contributed by atoms with van der Waals surface area (Å²) in [5.41, 5.74) is 0.192. The first-order valence-electron chi connectivity index (χ1n) is 3.99. The number of aliphatic hydroxyl groups excluding tert-OH is 1. The summed E-state index contributed by atoms with van der Waals surface area (Å²) in [5.74, 6) is -0.445. The first kappa shape index (κ1) is 13.5. The Morgan fingerprint density at radius 3 is 2.20 bits per heavy atom. The molecule has 0 saturated carbocycles. The second-order valence-corrected chi connectivity index (χ2v) is 2.84. The fourth-order valence-corrected chi connectivity index (χ4v) is 0.989. The molecule has 0 radical (unpaired) electrons. The fourth-order valence-electron chi connectivity index (χ4n) is 0.989. The van der Waals surface area contributed by atoms with Crippen LogP contribution in [0.15, 0.2) is 24.3 Å². The molecule has 1 aromatic rings. The minimum Gasteiger partial charge on any atom is -0.385 e. The minimum absolute atomic E-state index is 0. The van der Waals surface area contributed by atoms with Gasteiger partial charge in [0.05, 0.1) is 4.92 Å². The molecule has 1 aromatic carbocycles. The molecule has 1 rings (SSSR count). The summed E-state index contributed by atoms with van der Waals surface area (Å²) in [6.45, 7) is 1.35. The van der Waals surface area contributed by atoms with Crippen LogP contribution in [0.3, 0.4) is 0 Å². The predicted molar refractivity (Wildman–Crippen MR) is 56.4 cm³/mol. The zero-order valence-electron chi connectivity index (χ0n) is 7.91. The van der Waals surface area contributed by atoms with Crippen LogP contribution in [0, 0.1) is 10.1 Å². The quantitative estimate of drug-likeness (QED) is 0.487. The summed E-state index contributed by atoms with van der Waals surface area (Å²) in [6.07, 6.45) is -1.09. The molecule has 0 aromatic heterocycles. The van der Waals surface area contributed by atoms with Gasteiger partial charge in [-0.2, -0.15) is 0 Å². The van der Waals surface area contributed by atoms with Crippen LogP contribution in [0.25, 0.3) is 0 Å². The Morgan fingerprint density at radius 1 is 1.40 bits per heavy atom. The smallest absolute Gasteiger partial charge is 0.269 e. The molecule has 0 saturated heterocycles. The number of aliphatic hydroxyl groups is 1. The highest BCUT2D eigenvalue weighted by molar-refractivity contribution is 5.99. The highest BCUT2D eigenvalue weighted by Crippen LogP contribution is 2.13. The molecule has 0 amide bonds. The van der Waals surface area contributed by atoms with Crippen LogP contribution < -0.4 is 0 Å². The number of nitro groups is 1. The number of hydrogen-bond donors (Lipinski definition) is 1. The average Bonchev–Trinajstić information content (AvgIpc) is 2.16. The van der Waals surface area contributed by atoms with E-state index in [1.807, 2.05) is 0 Å². The molecule has 15 heavy (non-hydrogen) atoms. The van der Waals surface area contributed by atoms with E-state index < -0.39 is 16.8 Å². The van der Waals surface area contributed by atoms with Gasteiger partial charge in [-0.1, -0.05) is 0 Å². The van der Waals surface area contributed by atoms with E-state index in [2.05, 4.69) is 0 Å². The second kappa shape index (κ2) is 5.43. The lowest BCUT2D eigenvalue weighted by Gasteiger charge is -2.02. The zero-order chi connectivity index (χ0) is 10.7. The van der Waals surface area contributed by atoms with Crippen LogP contribution in [-0.4, -0.2) is 21.9 Å². The number of ketones is 1. The molecule has 0 bridgehead atoms. The number of nitro benzene ring substituents is 1. The summed E-state index contributed by atoms with van der Waals surface area (Å²) < 4.78 is 0. The van der Waals surface area contributed by atoms with Gasteiger partial charge in [0.2, 0.25) is 0 Å². The van der Waals surface area contributed by atoms with Crippen molar-refractivity contribution in [1.82, 2.24) is 0 Å². The van der Waals surface area contributed by atoms with Gasteiger partial charge in [-0.25, -0.2) is 0 Å². The zero-order valence-corrected chi connectivity index (χ0v) is 8.73. The third-order valence-electron chi connectivity index (χ3n) is 1.74. The number of halogens is 1. The van der Waals surface area contributed by atoms with Gasteiger partial charge >= 0.3 is 0 Å². The number of carbonyl (C=O) groups is 1. The lowest BCUT2D eigenvalue weighted by molar-refractivity contribution is -0.384. The first-order chi connectivity index (χ1) is 6.52. The highest BCUT2D eigenvalue weighted by atomic mass is 35.5. The van der Waals surface area contributed by atoms with Gasteiger partial charge in [0.15, 0.2) is 5.78 Å². The SMILES string of the molecule is CC(O)C(=O)c1ccc([N+](=O)[O-])cc1.Cl. The number of Topliss-reactive ketones (excluding diaryl/α,β-unsaturated/α-hetero) is 1. The van der Waals surface area contributed by atoms with E-state index in [4.69, 9.17) is 5.11 Å². The molecule has 0 aliphatic rings. The Morgan fingerprint density at radius 2 is 1.87 bits per heavy atom. The number of rotatable bonds is 3. The number of non-ortho nitro benzene ring substituents is 1. The second-order valence-electron chi connectivity index (χ2n) is 2.84. The van der Waals surface area contributed by atoms with Crippen molar-refractivity contribution >= 4 is 23.9 Å². The van der Waals surface area contributed by atoms with Crippen LogP contribution >= 0.6 is 12.4 Å². The molecule has 0 aliphatic heterocycles. The fraction of sp³-hybridized carbons (Fsp3) is 0.222. The molecule has 1 unspecified atom stereocenters. The molecule has 0 fully saturated rings. The van der Waals surface area contributed by atoms with Gasteiger partial charge < -0.3 is 5.11 Å². The van der Waals surface area contributed by atoms with Crippen LogP contribution in [0.1, 0.15) is 17.3 Å². The third kappa shape index (κ3) is 3.30. The van der Waals surface area contributed by atoms with Crippen molar-refractivity contribution in [3.05, 3.63) is 39.9 Å². The van der Waals surface area contributed by atoms with Crippen LogP contribution in [0.4, 0.5) is 5.69 Å². The molecule has 5 nitrogen and oxygen atoms in total. The molecular formula is C9H10ClNO4. The molecule has 82 valence electrons. The van der Waals surface area contributed by atoms with Crippen LogP contribution in [-0.2, 0) is 0 Å². The van der Waals surface area contributed by atoms with Gasteiger partial charge in [0, 0.05) is 17.7 Å². The van der Waals surface area contributed by atoms with E-state index >= 15 is 0 Å². The van der Waals surface area contributed by atoms with E-state index in [1.165, 1.54) is 31.2 Å². The maximum absolute atomic E-state index is 11.2. The number of benzene rings is 1. The standard InChI is InChI=1S/C9H9NO4.ClH/c1-6(11)9(12)7-2-4-8(5-3-7)10(13)14;/h2-6,11H,1H3;1H. The summed E-state index contributed by atoms with van der Waals surface area (Å²) >= 11 is 0. The Balaban J connectivity index is 0.00000196. The van der Waals surface area contributed by atoms with Crippen LogP contribution in [0.2, 0.25) is 0 Å². The van der Waals surface area contributed by atoms with E-state index in [1.54, 1.807) is 0 Å². The van der Waals surface area contributed by atoms with E-state index in [-0.39, 0.29) is 23.7 Å². The van der Waals surface area contributed by atoms with Gasteiger partial charge in [-0.15, -0.1) is 12.4 Å². The Labute approximate surface area is 92.3 Å². The van der Waals surface area contributed by atoms with Crippen molar-refractivity contribution in [2.45, 2.75) is 13.0 Å². The summed E-state index contributed by atoms with van der Waals surface area (Å²) in [7, 11) is 0. The molecule has 1 N–H and O–H groups in total. The Hall–Kier alpha value is -1.46. The van der Waals surface area contributed by atoms with Gasteiger partial charge in [0.25, 0.3) is 5.69 Å². The maximum Gasteiger partial charge on any atom is 0.269 e. The molecule has 0 spiro atoms. The number of carbonyl (C=O) groups excluding carboxylic acids is 1. The van der Waals surface area contributed by atoms with Crippen molar-refractivity contribution in [3.63, 3.8) is 0 Å². The van der Waals surface area contributed by atoms with Gasteiger partial charge in [-0.3, -0.25) is 14.9 Å². The lowest BCUT2D eigenvalue weighted by Crippen LogP contribution is -2.15. The number of nitrogens with zero attached hydrogens (tertiary/aromatic N) is 1. The Kier molecular flexibility index (Phi) is 4.90. The summed E-state index contributed by atoms with van der Waals surface area (Å²) in [4.78, 5) is 20.9. The minimum atomic E-state index is -1.09. The van der Waals surface area contributed by atoms with Crippen molar-refractivity contribution in [2.24, 2.45) is 0 Å². The summed E-state index contributed by atoms with van der Waals surface area (Å²) in [5, 5.41) is 19.3. The highest BCUT2D eigenvalue weighted by Gasteiger charge is 2.13.